The molecule has 2 rings (SSSR count). The quantitative estimate of drug-likeness (QED) is 0.233. The largest absolute Gasteiger partial charge is 0.351 e. The lowest BCUT2D eigenvalue weighted by Gasteiger charge is -2.07. The maximum Gasteiger partial charge on any atom is 0.284 e. The molecular formula is C17H14F4N2O2. The molecular weight excluding hydrogens is 340 g/mol. The molecule has 8 heteroatoms. The van der Waals surface area contributed by atoms with Gasteiger partial charge in [0.15, 0.2) is 11.4 Å². The van der Waals surface area contributed by atoms with Gasteiger partial charge in [-0.1, -0.05) is 71.0 Å². The van der Waals surface area contributed by atoms with E-state index in [1.54, 1.807) is 36.4 Å². The number of hydrogen-bond acceptors (Lipinski definition) is 4. The number of hydrogen-bond donors (Lipinski definition) is 0. The SMILES string of the molecule is FC(F)/C(=N\OCO/N=C(/c1ccccc1)C(F)F)c1ccccc1. The normalized spacial score (nSPS) is 12.6. The Labute approximate surface area is 141 Å². The fourth-order valence-corrected chi connectivity index (χ4v) is 1.87. The molecule has 0 atom stereocenters. The van der Waals surface area contributed by atoms with Crippen molar-refractivity contribution in [1.29, 1.82) is 0 Å². The van der Waals surface area contributed by atoms with Gasteiger partial charge in [0.25, 0.3) is 19.6 Å². The maximum atomic E-state index is 13.0. The van der Waals surface area contributed by atoms with Crippen LogP contribution in [0.5, 0.6) is 0 Å². The zero-order valence-electron chi connectivity index (χ0n) is 12.9. The molecule has 4 nitrogen and oxygen atoms in total. The first-order valence-corrected chi connectivity index (χ1v) is 7.16. The fourth-order valence-electron chi connectivity index (χ4n) is 1.87. The van der Waals surface area contributed by atoms with Crippen molar-refractivity contribution in [3.63, 3.8) is 0 Å². The third-order valence-electron chi connectivity index (χ3n) is 2.98. The fraction of sp³-hybridized carbons (Fsp3) is 0.176. The van der Waals surface area contributed by atoms with Gasteiger partial charge in [-0.25, -0.2) is 17.6 Å². The Morgan fingerprint density at radius 1 is 0.680 bits per heavy atom. The number of alkyl halides is 4. The van der Waals surface area contributed by atoms with Gasteiger partial charge in [-0.05, 0) is 0 Å². The van der Waals surface area contributed by atoms with E-state index < -0.39 is 31.1 Å². The summed E-state index contributed by atoms with van der Waals surface area (Å²) in [4.78, 5) is 9.22. The standard InChI is InChI=1S/C17H14F4N2O2/c18-16(19)14(12-7-3-1-4-8-12)22-24-11-25-23-15(17(20)21)13-9-5-2-6-10-13/h1-10,16-17H,11H2/b22-14-,23-15-. The van der Waals surface area contributed by atoms with Gasteiger partial charge in [0.2, 0.25) is 0 Å². The van der Waals surface area contributed by atoms with Gasteiger partial charge in [-0.2, -0.15) is 0 Å². The summed E-state index contributed by atoms with van der Waals surface area (Å²) in [6.07, 6.45) is -5.74. The van der Waals surface area contributed by atoms with Crippen LogP contribution in [-0.4, -0.2) is 31.1 Å². The summed E-state index contributed by atoms with van der Waals surface area (Å²) < 4.78 is 51.9. The molecule has 132 valence electrons. The van der Waals surface area contributed by atoms with Crippen molar-refractivity contribution in [2.24, 2.45) is 10.3 Å². The highest BCUT2D eigenvalue weighted by atomic mass is 19.3. The monoisotopic (exact) mass is 354 g/mol. The van der Waals surface area contributed by atoms with Gasteiger partial charge in [-0.15, -0.1) is 0 Å². The lowest BCUT2D eigenvalue weighted by atomic mass is 10.1. The average molecular weight is 354 g/mol. The lowest BCUT2D eigenvalue weighted by Crippen LogP contribution is -2.14. The summed E-state index contributed by atoms with van der Waals surface area (Å²) in [5, 5.41) is 6.59. The summed E-state index contributed by atoms with van der Waals surface area (Å²) in [7, 11) is 0. The molecule has 0 amide bonds. The first kappa shape index (κ1) is 18.4. The highest BCUT2D eigenvalue weighted by molar-refractivity contribution is 6.03. The Bertz CT molecular complexity index is 646. The van der Waals surface area contributed by atoms with E-state index in [0.29, 0.717) is 0 Å². The zero-order valence-corrected chi connectivity index (χ0v) is 12.9. The molecule has 0 aliphatic carbocycles. The summed E-state index contributed by atoms with van der Waals surface area (Å²) >= 11 is 0. The second-order valence-corrected chi connectivity index (χ2v) is 4.66. The lowest BCUT2D eigenvalue weighted by molar-refractivity contribution is -0.0525. The Morgan fingerprint density at radius 3 is 1.36 bits per heavy atom. The van der Waals surface area contributed by atoms with Crippen LogP contribution in [0.4, 0.5) is 17.6 Å². The Morgan fingerprint density at radius 2 is 1.04 bits per heavy atom. The minimum Gasteiger partial charge on any atom is -0.351 e. The van der Waals surface area contributed by atoms with Crippen molar-refractivity contribution in [3.8, 4) is 0 Å². The van der Waals surface area contributed by atoms with E-state index in [1.165, 1.54) is 24.3 Å². The average Bonchev–Trinajstić information content (AvgIpc) is 2.62. The molecule has 0 N–H and O–H groups in total. The number of oxime groups is 2. The van der Waals surface area contributed by atoms with E-state index in [2.05, 4.69) is 20.0 Å². The van der Waals surface area contributed by atoms with Crippen LogP contribution in [0.1, 0.15) is 11.1 Å². The third kappa shape index (κ3) is 5.59. The number of rotatable bonds is 8. The summed E-state index contributed by atoms with van der Waals surface area (Å²) in [6, 6.07) is 15.4. The topological polar surface area (TPSA) is 43.2 Å². The van der Waals surface area contributed by atoms with E-state index in [-0.39, 0.29) is 11.1 Å². The molecule has 0 heterocycles. The molecule has 0 aliphatic heterocycles. The third-order valence-corrected chi connectivity index (χ3v) is 2.98. The molecule has 0 aromatic heterocycles. The predicted molar refractivity (Wildman–Crippen MR) is 85.0 cm³/mol. The summed E-state index contributed by atoms with van der Waals surface area (Å²) in [5.41, 5.74) is -0.826. The number of halogens is 4. The Kier molecular flexibility index (Phi) is 6.94. The number of nitrogens with zero attached hydrogens (tertiary/aromatic N) is 2. The number of benzene rings is 2. The molecule has 0 saturated heterocycles. The second kappa shape index (κ2) is 9.41. The van der Waals surface area contributed by atoms with E-state index in [9.17, 15) is 17.6 Å². The van der Waals surface area contributed by atoms with Gasteiger partial charge in [0.05, 0.1) is 0 Å². The molecule has 0 spiro atoms. The van der Waals surface area contributed by atoms with Gasteiger partial charge in [-0.3, -0.25) is 0 Å². The van der Waals surface area contributed by atoms with E-state index >= 15 is 0 Å². The van der Waals surface area contributed by atoms with Gasteiger partial charge >= 0.3 is 0 Å². The molecule has 0 fully saturated rings. The van der Waals surface area contributed by atoms with Crippen LogP contribution >= 0.6 is 0 Å². The van der Waals surface area contributed by atoms with Crippen molar-refractivity contribution in [1.82, 2.24) is 0 Å². The second-order valence-electron chi connectivity index (χ2n) is 4.66. The molecule has 0 aliphatic rings. The van der Waals surface area contributed by atoms with Crippen LogP contribution in [0.3, 0.4) is 0 Å². The van der Waals surface area contributed by atoms with Gasteiger partial charge < -0.3 is 9.68 Å². The summed E-state index contributed by atoms with van der Waals surface area (Å²) in [5.74, 6) is 0. The predicted octanol–water partition coefficient (Wildman–Crippen LogP) is 4.32. The Hall–Kier alpha value is -2.90. The molecule has 0 radical (unpaired) electrons. The van der Waals surface area contributed by atoms with E-state index in [4.69, 9.17) is 0 Å². The minimum atomic E-state index is -2.87. The van der Waals surface area contributed by atoms with Crippen LogP contribution in [-0.2, 0) is 9.68 Å². The van der Waals surface area contributed by atoms with E-state index in [1.807, 2.05) is 0 Å². The molecule has 0 unspecified atom stereocenters. The van der Waals surface area contributed by atoms with Crippen LogP contribution in [0.2, 0.25) is 0 Å². The van der Waals surface area contributed by atoms with Gasteiger partial charge in [0.1, 0.15) is 0 Å². The molecule has 2 aromatic rings. The highest BCUT2D eigenvalue weighted by Gasteiger charge is 2.17. The Balaban J connectivity index is 1.98. The zero-order chi connectivity index (χ0) is 18.1. The molecule has 25 heavy (non-hydrogen) atoms. The highest BCUT2D eigenvalue weighted by Crippen LogP contribution is 2.11. The van der Waals surface area contributed by atoms with Crippen molar-refractivity contribution in [2.45, 2.75) is 12.9 Å². The van der Waals surface area contributed by atoms with Crippen LogP contribution < -0.4 is 0 Å². The van der Waals surface area contributed by atoms with Gasteiger partial charge in [0, 0.05) is 11.1 Å². The molecule has 0 saturated carbocycles. The first-order chi connectivity index (χ1) is 12.1. The maximum absolute atomic E-state index is 13.0. The van der Waals surface area contributed by atoms with E-state index in [0.717, 1.165) is 0 Å². The summed E-state index contributed by atoms with van der Waals surface area (Å²) in [6.45, 7) is -0.688. The van der Waals surface area contributed by atoms with Crippen molar-refractivity contribution < 1.29 is 27.2 Å². The smallest absolute Gasteiger partial charge is 0.284 e. The molecule has 0 bridgehead atoms. The minimum absolute atomic E-state index is 0.179. The van der Waals surface area contributed by atoms with Crippen molar-refractivity contribution in [2.75, 3.05) is 6.79 Å². The van der Waals surface area contributed by atoms with Crippen LogP contribution in [0, 0.1) is 0 Å². The first-order valence-electron chi connectivity index (χ1n) is 7.16. The molecule has 2 aromatic carbocycles. The van der Waals surface area contributed by atoms with Crippen molar-refractivity contribution >= 4 is 11.4 Å². The van der Waals surface area contributed by atoms with Crippen LogP contribution in [0.15, 0.2) is 71.0 Å². The van der Waals surface area contributed by atoms with Crippen molar-refractivity contribution in [3.05, 3.63) is 71.8 Å². The van der Waals surface area contributed by atoms with Crippen LogP contribution in [0.25, 0.3) is 0 Å².